The number of hydrogen-bond acceptors (Lipinski definition) is 4. The SMILES string of the molecule is O=C1c2ccccc2OCC1c1ccc(OC2CCCCO2)cc1. The third kappa shape index (κ3) is 3.02. The summed E-state index contributed by atoms with van der Waals surface area (Å²) in [6, 6.07) is 15.1. The minimum absolute atomic E-state index is 0.112. The maximum atomic E-state index is 12.7. The zero-order valence-corrected chi connectivity index (χ0v) is 13.4. The molecule has 0 amide bonds. The first-order valence-corrected chi connectivity index (χ1v) is 8.45. The molecule has 124 valence electrons. The van der Waals surface area contributed by atoms with Crippen LogP contribution in [0.25, 0.3) is 0 Å². The van der Waals surface area contributed by atoms with Gasteiger partial charge in [-0.1, -0.05) is 24.3 Å². The summed E-state index contributed by atoms with van der Waals surface area (Å²) in [6.07, 6.45) is 3.00. The van der Waals surface area contributed by atoms with Crippen molar-refractivity contribution in [1.82, 2.24) is 0 Å². The first-order chi connectivity index (χ1) is 11.8. The van der Waals surface area contributed by atoms with E-state index in [-0.39, 0.29) is 18.0 Å². The fraction of sp³-hybridized carbons (Fsp3) is 0.350. The molecule has 0 aliphatic carbocycles. The number of hydrogen-bond donors (Lipinski definition) is 0. The largest absolute Gasteiger partial charge is 0.492 e. The molecular weight excluding hydrogens is 304 g/mol. The first-order valence-electron chi connectivity index (χ1n) is 8.45. The number of carbonyl (C=O) groups excluding carboxylic acids is 1. The third-order valence-corrected chi connectivity index (χ3v) is 4.56. The van der Waals surface area contributed by atoms with Gasteiger partial charge in [-0.2, -0.15) is 0 Å². The Labute approximate surface area is 141 Å². The molecule has 4 nitrogen and oxygen atoms in total. The number of para-hydroxylation sites is 1. The second kappa shape index (κ2) is 6.65. The predicted molar refractivity (Wildman–Crippen MR) is 89.7 cm³/mol. The molecule has 0 N–H and O–H groups in total. The van der Waals surface area contributed by atoms with Crippen molar-refractivity contribution in [3.8, 4) is 11.5 Å². The molecule has 2 atom stereocenters. The zero-order valence-electron chi connectivity index (χ0n) is 13.4. The van der Waals surface area contributed by atoms with Gasteiger partial charge in [-0.25, -0.2) is 0 Å². The highest BCUT2D eigenvalue weighted by molar-refractivity contribution is 6.04. The van der Waals surface area contributed by atoms with Crippen LogP contribution in [-0.4, -0.2) is 25.3 Å². The maximum Gasteiger partial charge on any atom is 0.199 e. The molecule has 1 fully saturated rings. The summed E-state index contributed by atoms with van der Waals surface area (Å²) < 4.78 is 17.2. The van der Waals surface area contributed by atoms with Gasteiger partial charge in [-0.05, 0) is 42.7 Å². The van der Waals surface area contributed by atoms with Gasteiger partial charge in [0.1, 0.15) is 18.1 Å². The molecule has 2 aliphatic heterocycles. The number of ketones is 1. The monoisotopic (exact) mass is 324 g/mol. The normalized spacial score (nSPS) is 23.2. The molecule has 0 aromatic heterocycles. The quantitative estimate of drug-likeness (QED) is 0.857. The van der Waals surface area contributed by atoms with Crippen LogP contribution < -0.4 is 9.47 Å². The Morgan fingerprint density at radius 2 is 1.83 bits per heavy atom. The summed E-state index contributed by atoms with van der Waals surface area (Å²) in [6.45, 7) is 1.14. The lowest BCUT2D eigenvalue weighted by molar-refractivity contribution is -0.105. The number of ether oxygens (including phenoxy) is 3. The molecule has 0 spiro atoms. The topological polar surface area (TPSA) is 44.8 Å². The number of Topliss-reactive ketones (excluding diaryl/α,β-unsaturated/α-hetero) is 1. The van der Waals surface area contributed by atoms with E-state index in [0.717, 1.165) is 37.2 Å². The number of fused-ring (bicyclic) bond motifs is 1. The van der Waals surface area contributed by atoms with Gasteiger partial charge in [0, 0.05) is 6.42 Å². The van der Waals surface area contributed by atoms with Crippen molar-refractivity contribution in [1.29, 1.82) is 0 Å². The zero-order chi connectivity index (χ0) is 16.4. The highest BCUT2D eigenvalue weighted by Gasteiger charge is 2.29. The van der Waals surface area contributed by atoms with E-state index >= 15 is 0 Å². The summed E-state index contributed by atoms with van der Waals surface area (Å²) in [7, 11) is 0. The second-order valence-corrected chi connectivity index (χ2v) is 6.21. The van der Waals surface area contributed by atoms with Crippen molar-refractivity contribution in [3.63, 3.8) is 0 Å². The molecule has 0 radical (unpaired) electrons. The summed E-state index contributed by atoms with van der Waals surface area (Å²) >= 11 is 0. The highest BCUT2D eigenvalue weighted by atomic mass is 16.7. The fourth-order valence-corrected chi connectivity index (χ4v) is 3.21. The third-order valence-electron chi connectivity index (χ3n) is 4.56. The molecule has 2 aliphatic rings. The minimum atomic E-state index is -0.264. The molecule has 4 heteroatoms. The Hall–Kier alpha value is -2.33. The van der Waals surface area contributed by atoms with Crippen molar-refractivity contribution < 1.29 is 19.0 Å². The van der Waals surface area contributed by atoms with Gasteiger partial charge in [0.2, 0.25) is 0 Å². The van der Waals surface area contributed by atoms with Gasteiger partial charge < -0.3 is 14.2 Å². The Bertz CT molecular complexity index is 717. The van der Waals surface area contributed by atoms with Crippen molar-refractivity contribution in [2.75, 3.05) is 13.2 Å². The number of carbonyl (C=O) groups is 1. The summed E-state index contributed by atoms with van der Waals surface area (Å²) in [5.74, 6) is 1.30. The average molecular weight is 324 g/mol. The van der Waals surface area contributed by atoms with Crippen LogP contribution in [0.2, 0.25) is 0 Å². The van der Waals surface area contributed by atoms with E-state index in [1.807, 2.05) is 48.5 Å². The van der Waals surface area contributed by atoms with Crippen molar-refractivity contribution >= 4 is 5.78 Å². The average Bonchev–Trinajstić information content (AvgIpc) is 2.64. The lowest BCUT2D eigenvalue weighted by Gasteiger charge is -2.25. The van der Waals surface area contributed by atoms with Gasteiger partial charge in [-0.3, -0.25) is 4.79 Å². The molecule has 2 aromatic rings. The van der Waals surface area contributed by atoms with E-state index in [9.17, 15) is 4.79 Å². The van der Waals surface area contributed by atoms with Gasteiger partial charge in [-0.15, -0.1) is 0 Å². The molecule has 0 saturated carbocycles. The van der Waals surface area contributed by atoms with Gasteiger partial charge >= 0.3 is 0 Å². The smallest absolute Gasteiger partial charge is 0.199 e. The van der Waals surface area contributed by atoms with E-state index in [0.29, 0.717) is 17.9 Å². The van der Waals surface area contributed by atoms with Crippen LogP contribution in [0.4, 0.5) is 0 Å². The Morgan fingerprint density at radius 3 is 2.62 bits per heavy atom. The molecular formula is C20H20O4. The molecule has 0 bridgehead atoms. The van der Waals surface area contributed by atoms with E-state index < -0.39 is 0 Å². The molecule has 24 heavy (non-hydrogen) atoms. The van der Waals surface area contributed by atoms with Crippen LogP contribution in [-0.2, 0) is 4.74 Å². The van der Waals surface area contributed by atoms with Crippen molar-refractivity contribution in [2.24, 2.45) is 0 Å². The maximum absolute atomic E-state index is 12.7. The fourth-order valence-electron chi connectivity index (χ4n) is 3.21. The van der Waals surface area contributed by atoms with E-state index in [2.05, 4.69) is 0 Å². The standard InChI is InChI=1S/C20H20O4/c21-20-16-5-1-2-6-18(16)23-13-17(20)14-8-10-15(11-9-14)24-19-7-3-4-12-22-19/h1-2,5-6,8-11,17,19H,3-4,7,12-13H2. The molecule has 2 heterocycles. The van der Waals surface area contributed by atoms with Crippen molar-refractivity contribution in [3.05, 3.63) is 59.7 Å². The summed E-state index contributed by atoms with van der Waals surface area (Å²) in [5, 5.41) is 0. The van der Waals surface area contributed by atoms with Crippen LogP contribution in [0, 0.1) is 0 Å². The van der Waals surface area contributed by atoms with E-state index in [1.54, 1.807) is 0 Å². The van der Waals surface area contributed by atoms with Gasteiger partial charge in [0.15, 0.2) is 12.1 Å². The molecule has 4 rings (SSSR count). The highest BCUT2D eigenvalue weighted by Crippen LogP contribution is 2.33. The number of benzene rings is 2. The van der Waals surface area contributed by atoms with Crippen LogP contribution >= 0.6 is 0 Å². The first kappa shape index (κ1) is 15.2. The molecule has 2 unspecified atom stereocenters. The minimum Gasteiger partial charge on any atom is -0.492 e. The summed E-state index contributed by atoms with van der Waals surface area (Å²) in [4.78, 5) is 12.7. The second-order valence-electron chi connectivity index (χ2n) is 6.21. The predicted octanol–water partition coefficient (Wildman–Crippen LogP) is 3.95. The lowest BCUT2D eigenvalue weighted by atomic mass is 9.89. The summed E-state index contributed by atoms with van der Waals surface area (Å²) in [5.41, 5.74) is 1.61. The van der Waals surface area contributed by atoms with Gasteiger partial charge in [0.05, 0.1) is 18.1 Å². The molecule has 2 aromatic carbocycles. The Balaban J connectivity index is 1.48. The van der Waals surface area contributed by atoms with Crippen LogP contribution in [0.15, 0.2) is 48.5 Å². The van der Waals surface area contributed by atoms with E-state index in [1.165, 1.54) is 0 Å². The van der Waals surface area contributed by atoms with Crippen LogP contribution in [0.3, 0.4) is 0 Å². The van der Waals surface area contributed by atoms with Crippen molar-refractivity contribution in [2.45, 2.75) is 31.5 Å². The molecule has 1 saturated heterocycles. The van der Waals surface area contributed by atoms with Gasteiger partial charge in [0.25, 0.3) is 0 Å². The Morgan fingerprint density at radius 1 is 1.00 bits per heavy atom. The van der Waals surface area contributed by atoms with Crippen LogP contribution in [0.5, 0.6) is 11.5 Å². The lowest BCUT2D eigenvalue weighted by Crippen LogP contribution is -2.26. The van der Waals surface area contributed by atoms with Crippen LogP contribution in [0.1, 0.15) is 41.1 Å². The van der Waals surface area contributed by atoms with E-state index in [4.69, 9.17) is 14.2 Å². The number of rotatable bonds is 3. The Kier molecular flexibility index (Phi) is 4.22.